The number of likely N-dealkylation sites (tertiary alicyclic amines) is 1. The molecule has 3 N–H and O–H groups in total. The molecule has 1 fully saturated rings. The van der Waals surface area contributed by atoms with E-state index in [1.54, 1.807) is 0 Å². The van der Waals surface area contributed by atoms with Gasteiger partial charge in [0.05, 0.1) is 0 Å². The number of nitrogens with zero attached hydrogens (tertiary/aromatic N) is 1. The van der Waals surface area contributed by atoms with E-state index in [-0.39, 0.29) is 5.91 Å². The zero-order valence-corrected chi connectivity index (χ0v) is 12.3. The van der Waals surface area contributed by atoms with Crippen LogP contribution in [-0.4, -0.2) is 43.0 Å². The molecule has 1 aliphatic rings. The molecule has 4 heteroatoms. The highest BCUT2D eigenvalue weighted by atomic mass is 16.1. The van der Waals surface area contributed by atoms with Gasteiger partial charge in [-0.1, -0.05) is 25.1 Å². The van der Waals surface area contributed by atoms with Gasteiger partial charge in [0, 0.05) is 18.2 Å². The summed E-state index contributed by atoms with van der Waals surface area (Å²) < 4.78 is 0. The maximum atomic E-state index is 12.3. The van der Waals surface area contributed by atoms with Crippen molar-refractivity contribution in [1.29, 1.82) is 0 Å². The van der Waals surface area contributed by atoms with Crippen molar-refractivity contribution in [3.63, 3.8) is 0 Å². The second-order valence-corrected chi connectivity index (χ2v) is 5.33. The molecule has 1 saturated heterocycles. The fraction of sp³-hybridized carbons (Fsp3) is 0.562. The van der Waals surface area contributed by atoms with Crippen molar-refractivity contribution in [3.05, 3.63) is 35.4 Å². The van der Waals surface area contributed by atoms with Gasteiger partial charge < -0.3 is 11.1 Å². The van der Waals surface area contributed by atoms with E-state index in [0.717, 1.165) is 37.2 Å². The Morgan fingerprint density at radius 2 is 2.25 bits per heavy atom. The van der Waals surface area contributed by atoms with Gasteiger partial charge in [-0.15, -0.1) is 0 Å². The predicted octanol–water partition coefficient (Wildman–Crippen LogP) is 1.40. The van der Waals surface area contributed by atoms with Gasteiger partial charge in [0.25, 0.3) is 5.91 Å². The second kappa shape index (κ2) is 7.41. The van der Waals surface area contributed by atoms with E-state index < -0.39 is 0 Å². The third-order valence-corrected chi connectivity index (χ3v) is 4.08. The summed E-state index contributed by atoms with van der Waals surface area (Å²) in [5, 5.41) is 3.08. The first kappa shape index (κ1) is 15.0. The molecule has 0 aromatic heterocycles. The van der Waals surface area contributed by atoms with Crippen LogP contribution in [-0.2, 0) is 6.42 Å². The molecular weight excluding hydrogens is 250 g/mol. The Kier molecular flexibility index (Phi) is 5.56. The van der Waals surface area contributed by atoms with Gasteiger partial charge in [-0.05, 0) is 50.5 Å². The number of likely N-dealkylation sites (N-methyl/N-ethyl adjacent to an activating group) is 1. The van der Waals surface area contributed by atoms with Crippen molar-refractivity contribution in [2.24, 2.45) is 5.73 Å². The SMILES string of the molecule is CCN1CCCC1CNC(=O)c1ccccc1CCN. The molecule has 0 radical (unpaired) electrons. The summed E-state index contributed by atoms with van der Waals surface area (Å²) in [4.78, 5) is 14.8. The van der Waals surface area contributed by atoms with Crippen LogP contribution in [0.2, 0.25) is 0 Å². The van der Waals surface area contributed by atoms with Gasteiger partial charge in [0.2, 0.25) is 0 Å². The molecule has 1 heterocycles. The number of nitrogens with one attached hydrogen (secondary N) is 1. The molecule has 1 aromatic carbocycles. The highest BCUT2D eigenvalue weighted by Gasteiger charge is 2.23. The maximum Gasteiger partial charge on any atom is 0.251 e. The van der Waals surface area contributed by atoms with E-state index in [1.165, 1.54) is 12.8 Å². The lowest BCUT2D eigenvalue weighted by atomic mass is 10.0. The summed E-state index contributed by atoms with van der Waals surface area (Å²) in [5.41, 5.74) is 7.40. The largest absolute Gasteiger partial charge is 0.350 e. The van der Waals surface area contributed by atoms with Crippen LogP contribution in [0.3, 0.4) is 0 Å². The third kappa shape index (κ3) is 3.58. The van der Waals surface area contributed by atoms with Crippen molar-refractivity contribution in [1.82, 2.24) is 10.2 Å². The highest BCUT2D eigenvalue weighted by molar-refractivity contribution is 5.95. The van der Waals surface area contributed by atoms with E-state index in [1.807, 2.05) is 24.3 Å². The van der Waals surface area contributed by atoms with Gasteiger partial charge in [-0.3, -0.25) is 9.69 Å². The Bertz CT molecular complexity index is 447. The topological polar surface area (TPSA) is 58.4 Å². The van der Waals surface area contributed by atoms with Crippen LogP contribution in [0.25, 0.3) is 0 Å². The van der Waals surface area contributed by atoms with Gasteiger partial charge in [0.1, 0.15) is 0 Å². The Morgan fingerprint density at radius 1 is 1.45 bits per heavy atom. The van der Waals surface area contributed by atoms with Gasteiger partial charge in [-0.25, -0.2) is 0 Å². The molecule has 1 atom stereocenters. The maximum absolute atomic E-state index is 12.3. The first-order valence-electron chi connectivity index (χ1n) is 7.56. The summed E-state index contributed by atoms with van der Waals surface area (Å²) in [6.07, 6.45) is 3.16. The van der Waals surface area contributed by atoms with Crippen LogP contribution in [0.15, 0.2) is 24.3 Å². The van der Waals surface area contributed by atoms with Crippen LogP contribution in [0, 0.1) is 0 Å². The molecule has 0 saturated carbocycles. The molecule has 1 unspecified atom stereocenters. The number of amides is 1. The quantitative estimate of drug-likeness (QED) is 0.825. The van der Waals surface area contributed by atoms with Gasteiger partial charge in [0.15, 0.2) is 0 Å². The molecule has 1 aromatic rings. The van der Waals surface area contributed by atoms with E-state index in [4.69, 9.17) is 5.73 Å². The van der Waals surface area contributed by atoms with Crippen molar-refractivity contribution >= 4 is 5.91 Å². The Hall–Kier alpha value is -1.39. The minimum Gasteiger partial charge on any atom is -0.350 e. The minimum absolute atomic E-state index is 0.0250. The predicted molar refractivity (Wildman–Crippen MR) is 81.8 cm³/mol. The van der Waals surface area contributed by atoms with Crippen LogP contribution in [0.1, 0.15) is 35.7 Å². The molecular formula is C16H25N3O. The number of nitrogens with two attached hydrogens (primary N) is 1. The molecule has 2 rings (SSSR count). The summed E-state index contributed by atoms with van der Waals surface area (Å²) in [5.74, 6) is 0.0250. The molecule has 0 spiro atoms. The minimum atomic E-state index is 0.0250. The molecule has 4 nitrogen and oxygen atoms in total. The Labute approximate surface area is 121 Å². The van der Waals surface area contributed by atoms with Gasteiger partial charge >= 0.3 is 0 Å². The standard InChI is InChI=1S/C16H25N3O/c1-2-19-11-5-7-14(19)12-18-16(20)15-8-4-3-6-13(15)9-10-17/h3-4,6,8,14H,2,5,7,9-12,17H2,1H3,(H,18,20). The van der Waals surface area contributed by atoms with E-state index in [9.17, 15) is 4.79 Å². The van der Waals surface area contributed by atoms with Gasteiger partial charge in [-0.2, -0.15) is 0 Å². The van der Waals surface area contributed by atoms with Crippen LogP contribution in [0.5, 0.6) is 0 Å². The van der Waals surface area contributed by atoms with Crippen molar-refractivity contribution in [2.75, 3.05) is 26.2 Å². The van der Waals surface area contributed by atoms with Crippen molar-refractivity contribution < 1.29 is 4.79 Å². The number of carbonyl (C=O) groups is 1. The van der Waals surface area contributed by atoms with Crippen molar-refractivity contribution in [2.45, 2.75) is 32.2 Å². The summed E-state index contributed by atoms with van der Waals surface area (Å²) in [7, 11) is 0. The zero-order valence-electron chi connectivity index (χ0n) is 12.3. The first-order valence-corrected chi connectivity index (χ1v) is 7.56. The fourth-order valence-electron chi connectivity index (χ4n) is 2.96. The zero-order chi connectivity index (χ0) is 14.4. The number of benzene rings is 1. The third-order valence-electron chi connectivity index (χ3n) is 4.08. The fourth-order valence-corrected chi connectivity index (χ4v) is 2.96. The molecule has 1 amide bonds. The highest BCUT2D eigenvalue weighted by Crippen LogP contribution is 2.16. The second-order valence-electron chi connectivity index (χ2n) is 5.33. The molecule has 110 valence electrons. The monoisotopic (exact) mass is 275 g/mol. The number of rotatable bonds is 6. The summed E-state index contributed by atoms with van der Waals surface area (Å²) >= 11 is 0. The summed E-state index contributed by atoms with van der Waals surface area (Å²) in [6, 6.07) is 8.22. The summed E-state index contributed by atoms with van der Waals surface area (Å²) in [6.45, 7) is 5.70. The molecule has 20 heavy (non-hydrogen) atoms. The molecule has 1 aliphatic heterocycles. The van der Waals surface area contributed by atoms with E-state index in [2.05, 4.69) is 17.1 Å². The number of hydrogen-bond donors (Lipinski definition) is 2. The average molecular weight is 275 g/mol. The van der Waals surface area contributed by atoms with Crippen LogP contribution in [0.4, 0.5) is 0 Å². The lowest BCUT2D eigenvalue weighted by Crippen LogP contribution is -2.40. The normalized spacial score (nSPS) is 19.2. The Balaban J connectivity index is 1.95. The smallest absolute Gasteiger partial charge is 0.251 e. The lowest BCUT2D eigenvalue weighted by Gasteiger charge is -2.23. The van der Waals surface area contributed by atoms with Crippen LogP contribution < -0.4 is 11.1 Å². The lowest BCUT2D eigenvalue weighted by molar-refractivity contribution is 0.0940. The van der Waals surface area contributed by atoms with Crippen LogP contribution >= 0.6 is 0 Å². The first-order chi connectivity index (χ1) is 9.76. The molecule has 0 bridgehead atoms. The Morgan fingerprint density at radius 3 is 3.00 bits per heavy atom. The number of carbonyl (C=O) groups excluding carboxylic acids is 1. The average Bonchev–Trinajstić information content (AvgIpc) is 2.93. The van der Waals surface area contributed by atoms with E-state index >= 15 is 0 Å². The van der Waals surface area contributed by atoms with Crippen molar-refractivity contribution in [3.8, 4) is 0 Å². The van der Waals surface area contributed by atoms with E-state index in [0.29, 0.717) is 12.6 Å². The molecule has 0 aliphatic carbocycles. The number of hydrogen-bond acceptors (Lipinski definition) is 3.